The molecule has 7 heteroatoms. The minimum atomic E-state index is -1.01. The number of nitrogens with one attached hydrogen (secondary N) is 1. The van der Waals surface area contributed by atoms with E-state index in [-0.39, 0.29) is 11.6 Å². The lowest BCUT2D eigenvalue weighted by Gasteiger charge is -2.15. The second-order valence-electron chi connectivity index (χ2n) is 4.32. The van der Waals surface area contributed by atoms with Gasteiger partial charge in [-0.05, 0) is 26.0 Å². The highest BCUT2D eigenvalue weighted by molar-refractivity contribution is 5.93. The summed E-state index contributed by atoms with van der Waals surface area (Å²) in [5.41, 5.74) is 0.886. The number of aromatic nitrogens is 4. The van der Waals surface area contributed by atoms with Crippen LogP contribution in [0.25, 0.3) is 0 Å². The molecule has 0 aliphatic carbocycles. The molecule has 0 aromatic carbocycles. The number of aryl methyl sites for hydroxylation is 2. The maximum absolute atomic E-state index is 11.2. The Morgan fingerprint density at radius 3 is 2.79 bits per heavy atom. The molecule has 0 saturated heterocycles. The average Bonchev–Trinajstić information content (AvgIpc) is 2.75. The lowest BCUT2D eigenvalue weighted by Crippen LogP contribution is -2.15. The number of aromatic carboxylic acids is 1. The number of anilines is 1. The SMILES string of the molecule is Cc1ccc(C(=O)O)c(NC(C)c2nncn2C)n1. The second kappa shape index (κ2) is 5.05. The highest BCUT2D eigenvalue weighted by Crippen LogP contribution is 2.19. The number of hydrogen-bond acceptors (Lipinski definition) is 5. The van der Waals surface area contributed by atoms with E-state index in [9.17, 15) is 4.79 Å². The predicted molar refractivity (Wildman–Crippen MR) is 69.0 cm³/mol. The van der Waals surface area contributed by atoms with E-state index in [4.69, 9.17) is 5.11 Å². The quantitative estimate of drug-likeness (QED) is 0.864. The lowest BCUT2D eigenvalue weighted by atomic mass is 10.2. The van der Waals surface area contributed by atoms with Crippen molar-refractivity contribution in [2.24, 2.45) is 7.05 Å². The normalized spacial score (nSPS) is 12.2. The number of nitrogens with zero attached hydrogens (tertiary/aromatic N) is 4. The van der Waals surface area contributed by atoms with Crippen LogP contribution in [0.4, 0.5) is 5.82 Å². The smallest absolute Gasteiger partial charge is 0.339 e. The molecule has 1 atom stereocenters. The number of carboxylic acid groups (broad SMARTS) is 1. The van der Waals surface area contributed by atoms with Crippen molar-refractivity contribution >= 4 is 11.8 Å². The van der Waals surface area contributed by atoms with Gasteiger partial charge in [-0.3, -0.25) is 0 Å². The van der Waals surface area contributed by atoms with Crippen LogP contribution in [0.3, 0.4) is 0 Å². The summed E-state index contributed by atoms with van der Waals surface area (Å²) in [5, 5.41) is 20.0. The molecule has 0 fully saturated rings. The molecule has 0 aliphatic rings. The highest BCUT2D eigenvalue weighted by Gasteiger charge is 2.17. The van der Waals surface area contributed by atoms with Crippen molar-refractivity contribution in [3.8, 4) is 0 Å². The Labute approximate surface area is 110 Å². The van der Waals surface area contributed by atoms with E-state index in [1.807, 2.05) is 20.9 Å². The maximum Gasteiger partial charge on any atom is 0.339 e. The van der Waals surface area contributed by atoms with Crippen LogP contribution in [-0.2, 0) is 7.05 Å². The Bertz CT molecular complexity index is 608. The van der Waals surface area contributed by atoms with Crippen molar-refractivity contribution in [2.75, 3.05) is 5.32 Å². The molecule has 19 heavy (non-hydrogen) atoms. The Kier molecular flexibility index (Phi) is 3.46. The maximum atomic E-state index is 11.2. The van der Waals surface area contributed by atoms with Crippen molar-refractivity contribution in [1.82, 2.24) is 19.7 Å². The van der Waals surface area contributed by atoms with Gasteiger partial charge in [-0.25, -0.2) is 9.78 Å². The third kappa shape index (κ3) is 2.70. The van der Waals surface area contributed by atoms with Crippen LogP contribution in [0.1, 0.15) is 34.8 Å². The third-order valence-electron chi connectivity index (χ3n) is 2.75. The molecular formula is C12H15N5O2. The molecule has 0 aliphatic heterocycles. The van der Waals surface area contributed by atoms with E-state index in [1.165, 1.54) is 6.07 Å². The Morgan fingerprint density at radius 2 is 2.21 bits per heavy atom. The summed E-state index contributed by atoms with van der Waals surface area (Å²) >= 11 is 0. The Hall–Kier alpha value is -2.44. The van der Waals surface area contributed by atoms with Gasteiger partial charge >= 0.3 is 5.97 Å². The van der Waals surface area contributed by atoms with Crippen molar-refractivity contribution in [3.05, 3.63) is 35.5 Å². The van der Waals surface area contributed by atoms with Gasteiger partial charge in [-0.15, -0.1) is 10.2 Å². The van der Waals surface area contributed by atoms with Gasteiger partial charge in [0.25, 0.3) is 0 Å². The van der Waals surface area contributed by atoms with E-state index in [0.29, 0.717) is 11.6 Å². The molecule has 2 aromatic heterocycles. The van der Waals surface area contributed by atoms with Crippen molar-refractivity contribution < 1.29 is 9.90 Å². The lowest BCUT2D eigenvalue weighted by molar-refractivity contribution is 0.0697. The van der Waals surface area contributed by atoms with Gasteiger partial charge in [0.05, 0.1) is 6.04 Å². The van der Waals surface area contributed by atoms with Gasteiger partial charge in [0, 0.05) is 12.7 Å². The molecule has 0 spiro atoms. The minimum Gasteiger partial charge on any atom is -0.478 e. The van der Waals surface area contributed by atoms with Gasteiger partial charge in [0.1, 0.15) is 17.7 Å². The number of hydrogen-bond donors (Lipinski definition) is 2. The van der Waals surface area contributed by atoms with Crippen molar-refractivity contribution in [2.45, 2.75) is 19.9 Å². The van der Waals surface area contributed by atoms with Crippen LogP contribution < -0.4 is 5.32 Å². The Morgan fingerprint density at radius 1 is 1.47 bits per heavy atom. The summed E-state index contributed by atoms with van der Waals surface area (Å²) < 4.78 is 1.77. The molecule has 2 aromatic rings. The van der Waals surface area contributed by atoms with Gasteiger partial charge in [-0.1, -0.05) is 0 Å². The van der Waals surface area contributed by atoms with Crippen molar-refractivity contribution in [1.29, 1.82) is 0 Å². The largest absolute Gasteiger partial charge is 0.478 e. The molecular weight excluding hydrogens is 246 g/mol. The van der Waals surface area contributed by atoms with E-state index in [2.05, 4.69) is 20.5 Å². The summed E-state index contributed by atoms with van der Waals surface area (Å²) in [4.78, 5) is 15.4. The summed E-state index contributed by atoms with van der Waals surface area (Å²) in [5.74, 6) is 0.0304. The number of rotatable bonds is 4. The fourth-order valence-electron chi connectivity index (χ4n) is 1.79. The van der Waals surface area contributed by atoms with Crippen LogP contribution in [0, 0.1) is 6.92 Å². The molecule has 0 radical (unpaired) electrons. The molecule has 7 nitrogen and oxygen atoms in total. The van der Waals surface area contributed by atoms with Crippen LogP contribution in [0.15, 0.2) is 18.5 Å². The molecule has 2 rings (SSSR count). The molecule has 1 unspecified atom stereocenters. The van der Waals surface area contributed by atoms with E-state index in [1.54, 1.807) is 17.0 Å². The first-order chi connectivity index (χ1) is 8.99. The summed E-state index contributed by atoms with van der Waals surface area (Å²) in [6, 6.07) is 3.01. The van der Waals surface area contributed by atoms with Crippen LogP contribution >= 0.6 is 0 Å². The molecule has 0 bridgehead atoms. The van der Waals surface area contributed by atoms with Crippen molar-refractivity contribution in [3.63, 3.8) is 0 Å². The fourth-order valence-corrected chi connectivity index (χ4v) is 1.79. The van der Waals surface area contributed by atoms with Crippen LogP contribution in [-0.4, -0.2) is 30.8 Å². The highest BCUT2D eigenvalue weighted by atomic mass is 16.4. The van der Waals surface area contributed by atoms with Gasteiger partial charge in [-0.2, -0.15) is 0 Å². The zero-order chi connectivity index (χ0) is 14.0. The molecule has 2 heterocycles. The third-order valence-corrected chi connectivity index (χ3v) is 2.75. The number of carboxylic acids is 1. The van der Waals surface area contributed by atoms with Gasteiger partial charge in [0.15, 0.2) is 5.82 Å². The first-order valence-corrected chi connectivity index (χ1v) is 5.80. The second-order valence-corrected chi connectivity index (χ2v) is 4.32. The summed E-state index contributed by atoms with van der Waals surface area (Å²) in [6.45, 7) is 3.68. The summed E-state index contributed by atoms with van der Waals surface area (Å²) in [6.07, 6.45) is 1.59. The zero-order valence-electron chi connectivity index (χ0n) is 11.0. The topological polar surface area (TPSA) is 92.9 Å². The standard InChI is InChI=1S/C12H15N5O2/c1-7-4-5-9(12(18)19)10(14-7)15-8(2)11-16-13-6-17(11)3/h4-6,8H,1-3H3,(H,14,15)(H,18,19). The van der Waals surface area contributed by atoms with E-state index >= 15 is 0 Å². The molecule has 0 saturated carbocycles. The average molecular weight is 261 g/mol. The first-order valence-electron chi connectivity index (χ1n) is 5.80. The van der Waals surface area contributed by atoms with E-state index in [0.717, 1.165) is 5.69 Å². The van der Waals surface area contributed by atoms with Gasteiger partial charge in [0.2, 0.25) is 0 Å². The molecule has 0 amide bonds. The fraction of sp³-hybridized carbons (Fsp3) is 0.333. The summed E-state index contributed by atoms with van der Waals surface area (Å²) in [7, 11) is 1.83. The zero-order valence-corrected chi connectivity index (χ0v) is 11.0. The monoisotopic (exact) mass is 261 g/mol. The Balaban J connectivity index is 2.30. The molecule has 100 valence electrons. The van der Waals surface area contributed by atoms with E-state index < -0.39 is 5.97 Å². The number of carbonyl (C=O) groups is 1. The first kappa shape index (κ1) is 13.0. The predicted octanol–water partition coefficient (Wildman–Crippen LogP) is 1.39. The van der Waals surface area contributed by atoms with Crippen LogP contribution in [0.2, 0.25) is 0 Å². The molecule has 2 N–H and O–H groups in total. The van der Waals surface area contributed by atoms with Gasteiger partial charge < -0.3 is 15.0 Å². The minimum absolute atomic E-state index is 0.139. The number of pyridine rings is 1. The van der Waals surface area contributed by atoms with Crippen LogP contribution in [0.5, 0.6) is 0 Å².